The Morgan fingerprint density at radius 2 is 1.84 bits per heavy atom. The number of hydrogen-bond donors (Lipinski definition) is 1. The van der Waals surface area contributed by atoms with Crippen LogP contribution in [0.5, 0.6) is 5.75 Å². The molecule has 3 rings (SSSR count). The minimum atomic E-state index is 0.206. The van der Waals surface area contributed by atoms with Gasteiger partial charge in [0.25, 0.3) is 0 Å². The molecule has 1 saturated carbocycles. The lowest BCUT2D eigenvalue weighted by Crippen LogP contribution is -2.24. The second-order valence-electron chi connectivity index (χ2n) is 5.11. The molecule has 19 heavy (non-hydrogen) atoms. The van der Waals surface area contributed by atoms with Gasteiger partial charge in [0, 0.05) is 11.1 Å². The van der Waals surface area contributed by atoms with Crippen molar-refractivity contribution in [2.45, 2.75) is 18.4 Å². The van der Waals surface area contributed by atoms with Crippen LogP contribution in [0.4, 0.5) is 0 Å². The molecule has 0 bridgehead atoms. The number of benzene rings is 2. The van der Waals surface area contributed by atoms with Crippen LogP contribution in [0.1, 0.15) is 18.4 Å². The molecule has 2 nitrogen and oxygen atoms in total. The molecule has 0 heterocycles. The number of nitrogens with one attached hydrogen (secondary N) is 1. The third kappa shape index (κ3) is 2.13. The zero-order chi connectivity index (χ0) is 13.3. The first kappa shape index (κ1) is 12.2. The number of methoxy groups -OCH3 is 1. The number of rotatable bonds is 4. The lowest BCUT2D eigenvalue weighted by molar-refractivity contribution is 0.416. The smallest absolute Gasteiger partial charge is 0.126 e. The van der Waals surface area contributed by atoms with E-state index in [1.54, 1.807) is 7.11 Å². The Balaban J connectivity index is 2.04. The summed E-state index contributed by atoms with van der Waals surface area (Å²) in [5.41, 5.74) is 3.95. The lowest BCUT2D eigenvalue weighted by Gasteiger charge is -2.16. The first-order valence-corrected chi connectivity index (χ1v) is 6.72. The van der Waals surface area contributed by atoms with E-state index in [4.69, 9.17) is 4.74 Å². The average Bonchev–Trinajstić information content (AvgIpc) is 3.28. The van der Waals surface area contributed by atoms with E-state index in [-0.39, 0.29) is 5.54 Å². The maximum Gasteiger partial charge on any atom is 0.126 e. The molecule has 0 aromatic heterocycles. The third-order valence-electron chi connectivity index (χ3n) is 4.06. The SMILES string of the molecule is CNC1(c2cccc(-c3ccccc3OC)c2)CC1. The van der Waals surface area contributed by atoms with Gasteiger partial charge in [-0.05, 0) is 43.1 Å². The predicted octanol–water partition coefficient (Wildman–Crippen LogP) is 3.57. The van der Waals surface area contributed by atoms with Gasteiger partial charge >= 0.3 is 0 Å². The highest BCUT2D eigenvalue weighted by Crippen LogP contribution is 2.46. The molecule has 0 amide bonds. The summed E-state index contributed by atoms with van der Waals surface area (Å²) in [4.78, 5) is 0. The Labute approximate surface area is 114 Å². The quantitative estimate of drug-likeness (QED) is 0.899. The van der Waals surface area contributed by atoms with Gasteiger partial charge in [-0.3, -0.25) is 0 Å². The highest BCUT2D eigenvalue weighted by Gasteiger charge is 2.42. The molecule has 1 N–H and O–H groups in total. The number of hydrogen-bond acceptors (Lipinski definition) is 2. The van der Waals surface area contributed by atoms with Crippen LogP contribution in [-0.4, -0.2) is 14.2 Å². The largest absolute Gasteiger partial charge is 0.496 e. The summed E-state index contributed by atoms with van der Waals surface area (Å²) in [6.07, 6.45) is 2.44. The van der Waals surface area contributed by atoms with Crippen LogP contribution in [-0.2, 0) is 5.54 Å². The molecule has 0 unspecified atom stereocenters. The molecule has 2 aromatic rings. The van der Waals surface area contributed by atoms with Gasteiger partial charge in [0.1, 0.15) is 5.75 Å². The second kappa shape index (κ2) is 4.71. The van der Waals surface area contributed by atoms with Gasteiger partial charge in [0.15, 0.2) is 0 Å². The molecule has 0 radical (unpaired) electrons. The standard InChI is InChI=1S/C17H19NO/c1-18-17(10-11-17)14-7-5-6-13(12-14)15-8-3-4-9-16(15)19-2/h3-9,12,18H,10-11H2,1-2H3. The van der Waals surface area contributed by atoms with Crippen molar-refractivity contribution in [2.24, 2.45) is 0 Å². The average molecular weight is 253 g/mol. The fourth-order valence-corrected chi connectivity index (χ4v) is 2.68. The highest BCUT2D eigenvalue weighted by molar-refractivity contribution is 5.71. The van der Waals surface area contributed by atoms with Crippen molar-refractivity contribution >= 4 is 0 Å². The second-order valence-corrected chi connectivity index (χ2v) is 5.11. The van der Waals surface area contributed by atoms with Gasteiger partial charge in [-0.25, -0.2) is 0 Å². The first-order valence-electron chi connectivity index (χ1n) is 6.72. The summed E-state index contributed by atoms with van der Waals surface area (Å²) in [6.45, 7) is 0. The van der Waals surface area contributed by atoms with Crippen molar-refractivity contribution in [3.05, 3.63) is 54.1 Å². The molecule has 1 fully saturated rings. The summed E-state index contributed by atoms with van der Waals surface area (Å²) < 4.78 is 5.45. The van der Waals surface area contributed by atoms with Gasteiger partial charge in [-0.2, -0.15) is 0 Å². The summed E-state index contributed by atoms with van der Waals surface area (Å²) in [7, 11) is 3.77. The highest BCUT2D eigenvalue weighted by atomic mass is 16.5. The molecule has 98 valence electrons. The minimum absolute atomic E-state index is 0.206. The van der Waals surface area contributed by atoms with Gasteiger partial charge in [0.05, 0.1) is 7.11 Å². The van der Waals surface area contributed by atoms with Crippen LogP contribution in [0, 0.1) is 0 Å². The zero-order valence-electron chi connectivity index (χ0n) is 11.4. The summed E-state index contributed by atoms with van der Waals surface area (Å²) >= 11 is 0. The summed E-state index contributed by atoms with van der Waals surface area (Å²) in [5.74, 6) is 0.925. The normalized spacial score (nSPS) is 16.1. The topological polar surface area (TPSA) is 21.3 Å². The Bertz CT molecular complexity index is 587. The van der Waals surface area contributed by atoms with Gasteiger partial charge in [0.2, 0.25) is 0 Å². The zero-order valence-corrected chi connectivity index (χ0v) is 11.4. The van der Waals surface area contributed by atoms with Crippen LogP contribution in [0.2, 0.25) is 0 Å². The minimum Gasteiger partial charge on any atom is -0.496 e. The maximum atomic E-state index is 5.45. The summed E-state index contributed by atoms with van der Waals surface area (Å²) in [5, 5.41) is 3.44. The van der Waals surface area contributed by atoms with Crippen molar-refractivity contribution in [1.82, 2.24) is 5.32 Å². The first-order chi connectivity index (χ1) is 9.29. The van der Waals surface area contributed by atoms with Gasteiger partial charge < -0.3 is 10.1 Å². The molecular formula is C17H19NO. The van der Waals surface area contributed by atoms with Crippen LogP contribution in [0.15, 0.2) is 48.5 Å². The van der Waals surface area contributed by atoms with Crippen molar-refractivity contribution in [1.29, 1.82) is 0 Å². The van der Waals surface area contributed by atoms with Crippen LogP contribution in [0.3, 0.4) is 0 Å². The number of ether oxygens (including phenoxy) is 1. The molecular weight excluding hydrogens is 234 g/mol. The molecule has 1 aliphatic rings. The lowest BCUT2D eigenvalue weighted by atomic mass is 9.97. The van der Waals surface area contributed by atoms with Crippen molar-refractivity contribution < 1.29 is 4.74 Å². The van der Waals surface area contributed by atoms with E-state index in [1.165, 1.54) is 24.0 Å². The monoisotopic (exact) mass is 253 g/mol. The van der Waals surface area contributed by atoms with E-state index in [9.17, 15) is 0 Å². The van der Waals surface area contributed by atoms with Crippen molar-refractivity contribution in [3.8, 4) is 16.9 Å². The van der Waals surface area contributed by atoms with Crippen molar-refractivity contribution in [2.75, 3.05) is 14.2 Å². The van der Waals surface area contributed by atoms with E-state index in [0.717, 1.165) is 11.3 Å². The Kier molecular flexibility index (Phi) is 3.03. The fourth-order valence-electron chi connectivity index (χ4n) is 2.68. The Morgan fingerprint density at radius 1 is 1.05 bits per heavy atom. The number of para-hydroxylation sites is 1. The van der Waals surface area contributed by atoms with Crippen molar-refractivity contribution in [3.63, 3.8) is 0 Å². The summed E-state index contributed by atoms with van der Waals surface area (Å²) in [6, 6.07) is 16.9. The van der Waals surface area contributed by atoms with E-state index in [2.05, 4.69) is 41.7 Å². The maximum absolute atomic E-state index is 5.45. The van der Waals surface area contributed by atoms with E-state index >= 15 is 0 Å². The molecule has 0 atom stereocenters. The predicted molar refractivity (Wildman–Crippen MR) is 78.4 cm³/mol. The van der Waals surface area contributed by atoms with E-state index in [0.29, 0.717) is 0 Å². The fraction of sp³-hybridized carbons (Fsp3) is 0.294. The molecule has 0 saturated heterocycles. The van der Waals surface area contributed by atoms with Crippen LogP contribution in [0.25, 0.3) is 11.1 Å². The molecule has 2 heteroatoms. The molecule has 1 aliphatic carbocycles. The van der Waals surface area contributed by atoms with Gasteiger partial charge in [-0.15, -0.1) is 0 Å². The third-order valence-corrected chi connectivity index (χ3v) is 4.06. The van der Waals surface area contributed by atoms with E-state index in [1.807, 2.05) is 19.2 Å². The molecule has 0 spiro atoms. The van der Waals surface area contributed by atoms with E-state index < -0.39 is 0 Å². The Morgan fingerprint density at radius 3 is 2.53 bits per heavy atom. The molecule has 2 aromatic carbocycles. The van der Waals surface area contributed by atoms with Crippen LogP contribution < -0.4 is 10.1 Å². The van der Waals surface area contributed by atoms with Gasteiger partial charge in [-0.1, -0.05) is 36.4 Å². The molecule has 0 aliphatic heterocycles. The Hall–Kier alpha value is -1.80. The van der Waals surface area contributed by atoms with Crippen LogP contribution >= 0.6 is 0 Å².